The average Bonchev–Trinajstić information content (AvgIpc) is 3.50. The average molecular weight is 426 g/mol. The Bertz CT molecular complexity index is 1010. The molecule has 0 saturated carbocycles. The van der Waals surface area contributed by atoms with Crippen LogP contribution in [0.5, 0.6) is 0 Å². The van der Waals surface area contributed by atoms with Crippen molar-refractivity contribution in [3.8, 4) is 0 Å². The fourth-order valence-electron chi connectivity index (χ4n) is 3.44. The molecule has 2 atom stereocenters. The van der Waals surface area contributed by atoms with E-state index in [1.165, 1.54) is 0 Å². The highest BCUT2D eigenvalue weighted by Gasteiger charge is 2.23. The lowest BCUT2D eigenvalue weighted by molar-refractivity contribution is -0.122. The third-order valence-electron chi connectivity index (χ3n) is 4.89. The van der Waals surface area contributed by atoms with Gasteiger partial charge < -0.3 is 9.88 Å². The van der Waals surface area contributed by atoms with E-state index < -0.39 is 0 Å². The first-order valence-corrected chi connectivity index (χ1v) is 11.8. The molecule has 1 N–H and O–H groups in total. The quantitative estimate of drug-likeness (QED) is 0.437. The first-order chi connectivity index (χ1) is 14.3. The second-order valence-corrected chi connectivity index (χ2v) is 8.56. The zero-order chi connectivity index (χ0) is 20.1. The molecule has 0 aromatic carbocycles. The van der Waals surface area contributed by atoms with Crippen LogP contribution in [0.1, 0.15) is 36.3 Å². The summed E-state index contributed by atoms with van der Waals surface area (Å²) < 4.78 is 4.04. The fourth-order valence-corrected chi connectivity index (χ4v) is 4.62. The van der Waals surface area contributed by atoms with Crippen molar-refractivity contribution in [3.63, 3.8) is 0 Å². The Kier molecular flexibility index (Phi) is 6.31. The molecule has 8 heteroatoms. The molecule has 0 aliphatic carbocycles. The lowest BCUT2D eigenvalue weighted by Gasteiger charge is -2.21. The van der Waals surface area contributed by atoms with E-state index in [4.69, 9.17) is 0 Å². The maximum atomic E-state index is 13.1. The van der Waals surface area contributed by atoms with Gasteiger partial charge in [-0.1, -0.05) is 6.07 Å². The molecule has 0 spiro atoms. The number of amides is 1. The van der Waals surface area contributed by atoms with Crippen LogP contribution in [0.4, 0.5) is 0 Å². The molecule has 4 aromatic heterocycles. The molecule has 6 nitrogen and oxygen atoms in total. The maximum Gasteiger partial charge on any atom is 0.223 e. The van der Waals surface area contributed by atoms with Gasteiger partial charge in [0, 0.05) is 18.6 Å². The highest BCUT2D eigenvalue weighted by molar-refractivity contribution is 7.98. The number of carbonyl (C=O) groups excluding carboxylic acids is 1. The number of rotatable bonds is 9. The van der Waals surface area contributed by atoms with E-state index in [0.717, 1.165) is 29.2 Å². The lowest BCUT2D eigenvalue weighted by Crippen LogP contribution is -2.32. The third kappa shape index (κ3) is 4.54. The van der Waals surface area contributed by atoms with E-state index in [1.807, 2.05) is 58.7 Å². The zero-order valence-electron chi connectivity index (χ0n) is 16.1. The van der Waals surface area contributed by atoms with Gasteiger partial charge in [-0.25, -0.2) is 0 Å². The van der Waals surface area contributed by atoms with Crippen molar-refractivity contribution in [2.75, 3.05) is 12.0 Å². The molecule has 0 saturated heterocycles. The van der Waals surface area contributed by atoms with E-state index in [1.54, 1.807) is 23.1 Å². The number of thiophene rings is 1. The number of hydrogen-bond donors (Lipinski definition) is 1. The topological polar surface area (TPSA) is 64.2 Å². The Morgan fingerprint density at radius 1 is 1.17 bits per heavy atom. The highest BCUT2D eigenvalue weighted by atomic mass is 32.2. The highest BCUT2D eigenvalue weighted by Crippen LogP contribution is 2.25. The molecule has 4 rings (SSSR count). The van der Waals surface area contributed by atoms with Crippen molar-refractivity contribution in [3.05, 3.63) is 77.1 Å². The summed E-state index contributed by atoms with van der Waals surface area (Å²) in [5.41, 5.74) is 1.93. The molecule has 0 radical (unpaired) electrons. The van der Waals surface area contributed by atoms with Crippen molar-refractivity contribution in [2.45, 2.75) is 24.9 Å². The van der Waals surface area contributed by atoms with Crippen molar-refractivity contribution in [1.82, 2.24) is 24.5 Å². The van der Waals surface area contributed by atoms with Gasteiger partial charge in [0.1, 0.15) is 0 Å². The van der Waals surface area contributed by atoms with Gasteiger partial charge in [0.2, 0.25) is 5.91 Å². The summed E-state index contributed by atoms with van der Waals surface area (Å²) in [7, 11) is 0. The standard InChI is InChI=1S/C21H23N5OS2/c1-28-12-8-17(21-24-23-19-6-2-3-11-26(19)21)22-20(27)14-18(16-7-13-29-15-16)25-9-4-5-10-25/h2-7,9-11,13,15,17-18H,8,12,14H2,1H3,(H,22,27)/t17-,18+/m0/s1. The molecule has 4 heterocycles. The number of aromatic nitrogens is 4. The number of nitrogens with zero attached hydrogens (tertiary/aromatic N) is 4. The predicted octanol–water partition coefficient (Wildman–Crippen LogP) is 4.18. The van der Waals surface area contributed by atoms with E-state index in [2.05, 4.69) is 37.8 Å². The van der Waals surface area contributed by atoms with E-state index in [0.29, 0.717) is 6.42 Å². The number of thioether (sulfide) groups is 1. The minimum atomic E-state index is -0.180. The molecule has 150 valence electrons. The van der Waals surface area contributed by atoms with E-state index in [9.17, 15) is 4.79 Å². The van der Waals surface area contributed by atoms with Crippen LogP contribution in [-0.4, -0.2) is 37.1 Å². The minimum Gasteiger partial charge on any atom is -0.346 e. The van der Waals surface area contributed by atoms with Gasteiger partial charge in [0.05, 0.1) is 18.5 Å². The van der Waals surface area contributed by atoms with Crippen molar-refractivity contribution in [1.29, 1.82) is 0 Å². The molecule has 0 aliphatic heterocycles. The molecular formula is C21H23N5OS2. The molecular weight excluding hydrogens is 402 g/mol. The SMILES string of the molecule is CSCC[C@H](NC(=O)C[C@H](c1ccsc1)n1cccc1)c1nnc2ccccn12. The van der Waals surface area contributed by atoms with Gasteiger partial charge in [0.25, 0.3) is 0 Å². The van der Waals surface area contributed by atoms with Gasteiger partial charge in [-0.15, -0.1) is 10.2 Å². The monoisotopic (exact) mass is 425 g/mol. The largest absolute Gasteiger partial charge is 0.346 e. The van der Waals surface area contributed by atoms with Gasteiger partial charge in [-0.05, 0) is 65.1 Å². The summed E-state index contributed by atoms with van der Waals surface area (Å²) in [5, 5.41) is 16.0. The predicted molar refractivity (Wildman–Crippen MR) is 118 cm³/mol. The fraction of sp³-hybridized carbons (Fsp3) is 0.286. The molecule has 29 heavy (non-hydrogen) atoms. The van der Waals surface area contributed by atoms with Crippen molar-refractivity contribution >= 4 is 34.7 Å². The number of hydrogen-bond acceptors (Lipinski definition) is 5. The second-order valence-electron chi connectivity index (χ2n) is 6.80. The Labute approximate surface area is 178 Å². The number of nitrogens with one attached hydrogen (secondary N) is 1. The molecule has 1 amide bonds. The molecule has 4 aromatic rings. The summed E-state index contributed by atoms with van der Waals surface area (Å²) in [4.78, 5) is 13.1. The van der Waals surface area contributed by atoms with Gasteiger partial charge in [0.15, 0.2) is 11.5 Å². The van der Waals surface area contributed by atoms with E-state index >= 15 is 0 Å². The summed E-state index contributed by atoms with van der Waals surface area (Å²) in [6.07, 6.45) is 9.20. The zero-order valence-corrected chi connectivity index (χ0v) is 17.8. The first kappa shape index (κ1) is 19.7. The van der Waals surface area contributed by atoms with Crippen LogP contribution < -0.4 is 5.32 Å². The van der Waals surface area contributed by atoms with Crippen LogP contribution in [0.25, 0.3) is 5.65 Å². The van der Waals surface area contributed by atoms with Crippen LogP contribution in [0.3, 0.4) is 0 Å². The summed E-state index contributed by atoms with van der Waals surface area (Å²) in [6, 6.07) is 11.7. The van der Waals surface area contributed by atoms with Gasteiger partial charge in [-0.2, -0.15) is 23.1 Å². The van der Waals surface area contributed by atoms with E-state index in [-0.39, 0.29) is 18.0 Å². The summed E-state index contributed by atoms with van der Waals surface area (Å²) >= 11 is 3.41. The number of fused-ring (bicyclic) bond motifs is 1. The Morgan fingerprint density at radius 2 is 2.00 bits per heavy atom. The lowest BCUT2D eigenvalue weighted by atomic mass is 10.1. The normalized spacial score (nSPS) is 13.4. The first-order valence-electron chi connectivity index (χ1n) is 9.49. The van der Waals surface area contributed by atoms with Gasteiger partial charge in [-0.3, -0.25) is 9.20 Å². The summed E-state index contributed by atoms with van der Waals surface area (Å²) in [6.45, 7) is 0. The number of pyridine rings is 1. The molecule has 0 bridgehead atoms. The Morgan fingerprint density at radius 3 is 2.76 bits per heavy atom. The Hall–Kier alpha value is -2.58. The Balaban J connectivity index is 1.54. The third-order valence-corrected chi connectivity index (χ3v) is 6.24. The maximum absolute atomic E-state index is 13.1. The number of carbonyl (C=O) groups is 1. The van der Waals surface area contributed by atoms with Crippen molar-refractivity contribution in [2.24, 2.45) is 0 Å². The van der Waals surface area contributed by atoms with Crippen LogP contribution in [0.2, 0.25) is 0 Å². The second kappa shape index (κ2) is 9.28. The molecule has 0 aliphatic rings. The van der Waals surface area contributed by atoms with Crippen LogP contribution in [0.15, 0.2) is 65.7 Å². The molecule has 0 fully saturated rings. The van der Waals surface area contributed by atoms with Gasteiger partial charge >= 0.3 is 0 Å². The smallest absolute Gasteiger partial charge is 0.223 e. The van der Waals surface area contributed by atoms with Crippen molar-refractivity contribution < 1.29 is 4.79 Å². The van der Waals surface area contributed by atoms with Crippen LogP contribution in [-0.2, 0) is 4.79 Å². The molecule has 0 unspecified atom stereocenters. The summed E-state index contributed by atoms with van der Waals surface area (Å²) in [5.74, 6) is 1.71. The van der Waals surface area contributed by atoms with Crippen LogP contribution >= 0.6 is 23.1 Å². The van der Waals surface area contributed by atoms with Crippen LogP contribution in [0, 0.1) is 0 Å². The minimum absolute atomic E-state index is 0.00804.